The maximum atomic E-state index is 13.0. The van der Waals surface area contributed by atoms with Crippen LogP contribution in [-0.2, 0) is 18.1 Å². The number of nitrogen functional groups attached to an aromatic ring is 1. The van der Waals surface area contributed by atoms with Crippen LogP contribution in [0.15, 0.2) is 18.3 Å². The molecule has 0 amide bonds. The highest BCUT2D eigenvalue weighted by atomic mass is 19.4. The zero-order valence-electron chi connectivity index (χ0n) is 12.3. The summed E-state index contributed by atoms with van der Waals surface area (Å²) in [6.07, 6.45) is -1.11. The second kappa shape index (κ2) is 4.70. The highest BCUT2D eigenvalue weighted by molar-refractivity contribution is 5.63. The number of hydrogen-bond donors (Lipinski definition) is 2. The molecule has 1 spiro atoms. The number of nitrogens with two attached hydrogens (primary N) is 1. The Balaban J connectivity index is 1.76. The fraction of sp³-hybridized carbons (Fsp3) is 0.467. The smallest absolute Gasteiger partial charge is 0.383 e. The number of anilines is 1. The third-order valence-electron chi connectivity index (χ3n) is 4.89. The second-order valence-electron chi connectivity index (χ2n) is 6.25. The molecule has 0 radical (unpaired) electrons. The van der Waals surface area contributed by atoms with E-state index >= 15 is 0 Å². The Kier molecular flexibility index (Phi) is 2.96. The lowest BCUT2D eigenvalue weighted by molar-refractivity contribution is -0.137. The first-order valence-electron chi connectivity index (χ1n) is 7.51. The zero-order chi connectivity index (χ0) is 16.2. The molecule has 2 aliphatic rings. The molecule has 1 atom stereocenters. The summed E-state index contributed by atoms with van der Waals surface area (Å²) >= 11 is 0. The topological polar surface area (TPSA) is 68.8 Å². The van der Waals surface area contributed by atoms with Gasteiger partial charge in [-0.05, 0) is 31.5 Å². The van der Waals surface area contributed by atoms with E-state index in [1.807, 2.05) is 10.7 Å². The van der Waals surface area contributed by atoms with Crippen molar-refractivity contribution in [3.8, 4) is 11.3 Å². The van der Waals surface area contributed by atoms with Crippen molar-refractivity contribution in [3.05, 3.63) is 29.6 Å². The molecule has 1 fully saturated rings. The number of hydrogen-bond acceptors (Lipinski definition) is 4. The van der Waals surface area contributed by atoms with Gasteiger partial charge in [0.05, 0.1) is 11.3 Å². The van der Waals surface area contributed by atoms with Crippen LogP contribution in [0.25, 0.3) is 11.3 Å². The average molecular weight is 323 g/mol. The molecule has 2 aromatic heterocycles. The summed E-state index contributed by atoms with van der Waals surface area (Å²) in [5.74, 6) is -0.510. The maximum absolute atomic E-state index is 13.0. The minimum atomic E-state index is -4.52. The Labute approximate surface area is 130 Å². The lowest BCUT2D eigenvalue weighted by atomic mass is 9.82. The summed E-state index contributed by atoms with van der Waals surface area (Å²) in [5.41, 5.74) is 6.47. The van der Waals surface area contributed by atoms with Gasteiger partial charge in [0.2, 0.25) is 0 Å². The first-order chi connectivity index (χ1) is 10.9. The Morgan fingerprint density at radius 2 is 2.09 bits per heavy atom. The van der Waals surface area contributed by atoms with Crippen molar-refractivity contribution >= 4 is 5.82 Å². The normalized spacial score (nSPS) is 23.6. The molecule has 122 valence electrons. The maximum Gasteiger partial charge on any atom is 0.419 e. The van der Waals surface area contributed by atoms with Crippen LogP contribution >= 0.6 is 0 Å². The van der Waals surface area contributed by atoms with Gasteiger partial charge in [-0.15, -0.1) is 0 Å². The van der Waals surface area contributed by atoms with Crippen molar-refractivity contribution in [2.45, 2.75) is 31.0 Å². The van der Waals surface area contributed by atoms with Gasteiger partial charge in [-0.25, -0.2) is 4.98 Å². The Morgan fingerprint density at radius 1 is 1.26 bits per heavy atom. The fourth-order valence-electron chi connectivity index (χ4n) is 3.62. The van der Waals surface area contributed by atoms with Crippen LogP contribution in [0.2, 0.25) is 0 Å². The van der Waals surface area contributed by atoms with Gasteiger partial charge in [0.25, 0.3) is 0 Å². The van der Waals surface area contributed by atoms with Crippen molar-refractivity contribution < 1.29 is 13.2 Å². The number of aromatic nitrogens is 3. The number of nitrogens with zero attached hydrogens (tertiary/aromatic N) is 3. The first kappa shape index (κ1) is 14.5. The summed E-state index contributed by atoms with van der Waals surface area (Å²) < 4.78 is 40.9. The first-order valence-corrected chi connectivity index (χ1v) is 7.51. The second-order valence-corrected chi connectivity index (χ2v) is 6.25. The van der Waals surface area contributed by atoms with E-state index in [1.54, 1.807) is 0 Å². The van der Waals surface area contributed by atoms with Crippen molar-refractivity contribution in [1.29, 1.82) is 0 Å². The van der Waals surface area contributed by atoms with Crippen LogP contribution in [0, 0.1) is 0 Å². The monoisotopic (exact) mass is 323 g/mol. The van der Waals surface area contributed by atoms with E-state index < -0.39 is 17.6 Å². The van der Waals surface area contributed by atoms with Crippen LogP contribution in [0.3, 0.4) is 0 Å². The highest BCUT2D eigenvalue weighted by Crippen LogP contribution is 2.42. The van der Waals surface area contributed by atoms with Crippen LogP contribution < -0.4 is 11.1 Å². The van der Waals surface area contributed by atoms with Gasteiger partial charge < -0.3 is 11.1 Å². The van der Waals surface area contributed by atoms with Crippen molar-refractivity contribution in [2.24, 2.45) is 0 Å². The summed E-state index contributed by atoms with van der Waals surface area (Å²) in [6, 6.07) is 2.92. The van der Waals surface area contributed by atoms with Gasteiger partial charge in [0, 0.05) is 36.0 Å². The van der Waals surface area contributed by atoms with E-state index in [4.69, 9.17) is 5.73 Å². The van der Waals surface area contributed by atoms with Gasteiger partial charge in [-0.3, -0.25) is 4.68 Å². The number of fused-ring (bicyclic) bond motifs is 2. The van der Waals surface area contributed by atoms with E-state index in [2.05, 4.69) is 15.4 Å². The molecule has 2 aromatic rings. The highest BCUT2D eigenvalue weighted by Gasteiger charge is 2.43. The van der Waals surface area contributed by atoms with E-state index in [0.29, 0.717) is 11.3 Å². The number of alkyl halides is 3. The molecule has 1 saturated heterocycles. The summed E-state index contributed by atoms with van der Waals surface area (Å²) in [5, 5.41) is 7.84. The largest absolute Gasteiger partial charge is 0.419 e. The summed E-state index contributed by atoms with van der Waals surface area (Å²) in [4.78, 5) is 3.69. The fourth-order valence-corrected chi connectivity index (χ4v) is 3.62. The van der Waals surface area contributed by atoms with Crippen molar-refractivity contribution in [2.75, 3.05) is 18.8 Å². The third kappa shape index (κ3) is 2.20. The number of nitrogens with one attached hydrogen (secondary N) is 1. The Bertz CT molecular complexity index is 759. The van der Waals surface area contributed by atoms with E-state index in [9.17, 15) is 13.2 Å². The van der Waals surface area contributed by atoms with Crippen LogP contribution in [0.5, 0.6) is 0 Å². The summed E-state index contributed by atoms with van der Waals surface area (Å²) in [7, 11) is 0. The molecule has 5 nitrogen and oxygen atoms in total. The average Bonchev–Trinajstić information content (AvgIpc) is 3.18. The number of halogens is 3. The SMILES string of the molecule is Nc1ncc(-c2cc3n(n2)CC[C@@]32CCNC2)cc1C(F)(F)F. The molecule has 23 heavy (non-hydrogen) atoms. The number of rotatable bonds is 1. The molecule has 4 heterocycles. The van der Waals surface area contributed by atoms with E-state index in [-0.39, 0.29) is 5.41 Å². The van der Waals surface area contributed by atoms with Crippen LogP contribution in [-0.4, -0.2) is 27.9 Å². The molecule has 0 unspecified atom stereocenters. The minimum Gasteiger partial charge on any atom is -0.383 e. The standard InChI is InChI=1S/C15H16F3N5/c16-15(17,18)10-5-9(7-21-13(10)19)11-6-12-14(1-3-20-8-14)2-4-23(12)22-11/h5-7,20H,1-4,8H2,(H2,19,21)/t14-/m1/s1. The molecule has 8 heteroatoms. The van der Waals surface area contributed by atoms with Gasteiger partial charge in [-0.2, -0.15) is 18.3 Å². The van der Waals surface area contributed by atoms with Crippen molar-refractivity contribution in [1.82, 2.24) is 20.1 Å². The van der Waals surface area contributed by atoms with Gasteiger partial charge in [-0.1, -0.05) is 0 Å². The molecule has 3 N–H and O–H groups in total. The number of aryl methyl sites for hydroxylation is 1. The Hall–Kier alpha value is -2.09. The lowest BCUT2D eigenvalue weighted by Gasteiger charge is -2.20. The molecule has 2 aliphatic heterocycles. The molecule has 0 bridgehead atoms. The molecule has 0 aromatic carbocycles. The Morgan fingerprint density at radius 3 is 2.78 bits per heavy atom. The van der Waals surface area contributed by atoms with E-state index in [0.717, 1.165) is 44.2 Å². The summed E-state index contributed by atoms with van der Waals surface area (Å²) in [6.45, 7) is 2.65. The van der Waals surface area contributed by atoms with E-state index in [1.165, 1.54) is 6.20 Å². The quantitative estimate of drug-likeness (QED) is 0.844. The van der Waals surface area contributed by atoms with Crippen molar-refractivity contribution in [3.63, 3.8) is 0 Å². The molecule has 0 aliphatic carbocycles. The van der Waals surface area contributed by atoms with Crippen LogP contribution in [0.1, 0.15) is 24.1 Å². The third-order valence-corrected chi connectivity index (χ3v) is 4.89. The molecule has 4 rings (SSSR count). The van der Waals surface area contributed by atoms with Crippen LogP contribution in [0.4, 0.5) is 19.0 Å². The zero-order valence-corrected chi connectivity index (χ0v) is 12.3. The number of pyridine rings is 1. The minimum absolute atomic E-state index is 0.0688. The van der Waals surface area contributed by atoms with Gasteiger partial charge in [0.1, 0.15) is 5.82 Å². The lowest BCUT2D eigenvalue weighted by Crippen LogP contribution is -2.25. The molecular weight excluding hydrogens is 307 g/mol. The molecule has 0 saturated carbocycles. The predicted molar refractivity (Wildman–Crippen MR) is 78.7 cm³/mol. The van der Waals surface area contributed by atoms with Gasteiger partial charge >= 0.3 is 6.18 Å². The predicted octanol–water partition coefficient (Wildman–Crippen LogP) is 2.18. The van der Waals surface area contributed by atoms with Gasteiger partial charge in [0.15, 0.2) is 0 Å². The molecular formula is C15H16F3N5.